The Morgan fingerprint density at radius 3 is 2.58 bits per heavy atom. The van der Waals surface area contributed by atoms with Crippen molar-refractivity contribution in [1.82, 2.24) is 4.90 Å². The topological polar surface area (TPSA) is 38.8 Å². The first-order valence-corrected chi connectivity index (χ1v) is 9.25. The molecule has 0 unspecified atom stereocenters. The fraction of sp³-hybridized carbons (Fsp3) is 0.550. The molecule has 1 aromatic rings. The number of carbonyl (C=O) groups is 1. The third-order valence-corrected chi connectivity index (χ3v) is 4.54. The van der Waals surface area contributed by atoms with Crippen LogP contribution in [-0.2, 0) is 4.79 Å². The van der Waals surface area contributed by atoms with Crippen molar-refractivity contribution in [3.8, 4) is 11.5 Å². The normalized spacial score (nSPS) is 15.4. The predicted molar refractivity (Wildman–Crippen MR) is 97.5 cm³/mol. The summed E-state index contributed by atoms with van der Waals surface area (Å²) in [6.07, 6.45) is 8.91. The van der Waals surface area contributed by atoms with Crippen molar-refractivity contribution in [3.63, 3.8) is 0 Å². The summed E-state index contributed by atoms with van der Waals surface area (Å²) >= 11 is 0. The summed E-state index contributed by atoms with van der Waals surface area (Å²) in [6.45, 7) is 1.85. The molecule has 1 fully saturated rings. The van der Waals surface area contributed by atoms with Gasteiger partial charge >= 0.3 is 6.61 Å². The molecule has 0 bridgehead atoms. The molecule has 0 atom stereocenters. The van der Waals surface area contributed by atoms with Crippen LogP contribution in [0.25, 0.3) is 6.08 Å². The van der Waals surface area contributed by atoms with Gasteiger partial charge in [-0.1, -0.05) is 25.3 Å². The molecule has 0 saturated heterocycles. The van der Waals surface area contributed by atoms with Crippen LogP contribution in [0.1, 0.15) is 51.5 Å². The third kappa shape index (κ3) is 5.71. The van der Waals surface area contributed by atoms with Crippen LogP contribution < -0.4 is 9.47 Å². The van der Waals surface area contributed by atoms with Crippen LogP contribution in [-0.4, -0.2) is 36.6 Å². The Bertz CT molecular complexity index is 613. The van der Waals surface area contributed by atoms with Crippen LogP contribution >= 0.6 is 0 Å². The van der Waals surface area contributed by atoms with Gasteiger partial charge in [-0.3, -0.25) is 4.79 Å². The summed E-state index contributed by atoms with van der Waals surface area (Å²) in [4.78, 5) is 14.5. The van der Waals surface area contributed by atoms with E-state index in [1.165, 1.54) is 31.4 Å². The lowest BCUT2D eigenvalue weighted by Crippen LogP contribution is -2.40. The average molecular weight is 367 g/mol. The Balaban J connectivity index is 2.09. The van der Waals surface area contributed by atoms with Gasteiger partial charge < -0.3 is 14.4 Å². The van der Waals surface area contributed by atoms with Crippen molar-refractivity contribution in [2.75, 3.05) is 13.2 Å². The van der Waals surface area contributed by atoms with Gasteiger partial charge in [0.25, 0.3) is 0 Å². The number of amides is 1. The standard InChI is InChI=1S/C20H27F2NO3/c1-3-23(16-8-6-5-7-9-16)19(24)13-11-15-10-12-17(26-20(21)22)18(14-15)25-4-2/h10-14,16,20H,3-9H2,1-2H3/b13-11+. The van der Waals surface area contributed by atoms with E-state index in [-0.39, 0.29) is 17.4 Å². The number of benzene rings is 1. The number of alkyl halides is 2. The van der Waals surface area contributed by atoms with Crippen LogP contribution in [0.3, 0.4) is 0 Å². The third-order valence-electron chi connectivity index (χ3n) is 4.54. The van der Waals surface area contributed by atoms with E-state index in [1.807, 2.05) is 11.8 Å². The molecule has 0 radical (unpaired) electrons. The maximum atomic E-state index is 12.6. The van der Waals surface area contributed by atoms with Crippen LogP contribution in [0.4, 0.5) is 8.78 Å². The van der Waals surface area contributed by atoms with Gasteiger partial charge in [0, 0.05) is 18.7 Å². The summed E-state index contributed by atoms with van der Waals surface area (Å²) in [6, 6.07) is 4.97. The van der Waals surface area contributed by atoms with E-state index in [9.17, 15) is 13.6 Å². The van der Waals surface area contributed by atoms with Crippen molar-refractivity contribution in [2.24, 2.45) is 0 Å². The molecule has 26 heavy (non-hydrogen) atoms. The fourth-order valence-electron chi connectivity index (χ4n) is 3.34. The zero-order chi connectivity index (χ0) is 18.9. The van der Waals surface area contributed by atoms with Gasteiger partial charge in [-0.2, -0.15) is 8.78 Å². The minimum absolute atomic E-state index is 0.0114. The lowest BCUT2D eigenvalue weighted by Gasteiger charge is -2.32. The van der Waals surface area contributed by atoms with Gasteiger partial charge in [-0.15, -0.1) is 0 Å². The Labute approximate surface area is 153 Å². The Kier molecular flexibility index (Phi) is 7.88. The van der Waals surface area contributed by atoms with E-state index in [4.69, 9.17) is 4.74 Å². The van der Waals surface area contributed by atoms with Gasteiger partial charge in [0.2, 0.25) is 5.91 Å². The number of nitrogens with zero attached hydrogens (tertiary/aromatic N) is 1. The fourth-order valence-corrected chi connectivity index (χ4v) is 3.34. The van der Waals surface area contributed by atoms with Crippen LogP contribution in [0.2, 0.25) is 0 Å². The molecule has 1 aliphatic carbocycles. The molecule has 1 saturated carbocycles. The van der Waals surface area contributed by atoms with Gasteiger partial charge in [0.1, 0.15) is 0 Å². The molecule has 1 aromatic carbocycles. The minimum atomic E-state index is -2.91. The molecule has 144 valence electrons. The minimum Gasteiger partial charge on any atom is -0.490 e. The Morgan fingerprint density at radius 1 is 1.23 bits per heavy atom. The summed E-state index contributed by atoms with van der Waals surface area (Å²) in [7, 11) is 0. The second-order valence-electron chi connectivity index (χ2n) is 6.27. The summed E-state index contributed by atoms with van der Waals surface area (Å²) < 4.78 is 34.7. The first kappa shape index (κ1) is 20.2. The number of halogens is 2. The smallest absolute Gasteiger partial charge is 0.387 e. The second kappa shape index (κ2) is 10.1. The molecule has 0 aliphatic heterocycles. The molecule has 0 spiro atoms. The highest BCUT2D eigenvalue weighted by molar-refractivity contribution is 5.92. The number of ether oxygens (including phenoxy) is 2. The highest BCUT2D eigenvalue weighted by Crippen LogP contribution is 2.30. The molecule has 2 rings (SSSR count). The maximum Gasteiger partial charge on any atom is 0.387 e. The zero-order valence-corrected chi connectivity index (χ0v) is 15.4. The van der Waals surface area contributed by atoms with Crippen molar-refractivity contribution in [1.29, 1.82) is 0 Å². The molecule has 1 amide bonds. The van der Waals surface area contributed by atoms with Crippen molar-refractivity contribution in [3.05, 3.63) is 29.8 Å². The molecule has 4 nitrogen and oxygen atoms in total. The summed E-state index contributed by atoms with van der Waals surface area (Å²) in [5, 5.41) is 0. The van der Waals surface area contributed by atoms with Gasteiger partial charge in [0.15, 0.2) is 11.5 Å². The number of rotatable bonds is 8. The lowest BCUT2D eigenvalue weighted by atomic mass is 9.94. The van der Waals surface area contributed by atoms with E-state index in [0.29, 0.717) is 24.8 Å². The molecular weight excluding hydrogens is 340 g/mol. The van der Waals surface area contributed by atoms with Crippen molar-refractivity contribution in [2.45, 2.75) is 58.6 Å². The second-order valence-corrected chi connectivity index (χ2v) is 6.27. The number of hydrogen-bond donors (Lipinski definition) is 0. The Morgan fingerprint density at radius 2 is 1.96 bits per heavy atom. The molecule has 0 N–H and O–H groups in total. The van der Waals surface area contributed by atoms with Crippen LogP contribution in [0.15, 0.2) is 24.3 Å². The Hall–Kier alpha value is -2.11. The lowest BCUT2D eigenvalue weighted by molar-refractivity contribution is -0.128. The molecule has 6 heteroatoms. The van der Waals surface area contributed by atoms with Gasteiger partial charge in [-0.25, -0.2) is 0 Å². The van der Waals surface area contributed by atoms with E-state index >= 15 is 0 Å². The summed E-state index contributed by atoms with van der Waals surface area (Å²) in [5.74, 6) is 0.204. The predicted octanol–water partition coefficient (Wildman–Crippen LogP) is 4.88. The monoisotopic (exact) mass is 367 g/mol. The summed E-state index contributed by atoms with van der Waals surface area (Å²) in [5.41, 5.74) is 0.697. The molecule has 1 aliphatic rings. The zero-order valence-electron chi connectivity index (χ0n) is 15.4. The number of carbonyl (C=O) groups excluding carboxylic acids is 1. The van der Waals surface area contributed by atoms with Crippen molar-refractivity contribution < 1.29 is 23.0 Å². The molecule has 0 heterocycles. The quantitative estimate of drug-likeness (QED) is 0.615. The first-order chi connectivity index (χ1) is 12.5. The van der Waals surface area contributed by atoms with Crippen LogP contribution in [0.5, 0.6) is 11.5 Å². The van der Waals surface area contributed by atoms with Crippen LogP contribution in [0, 0.1) is 0 Å². The molecule has 0 aromatic heterocycles. The highest BCUT2D eigenvalue weighted by atomic mass is 19.3. The van der Waals surface area contributed by atoms with E-state index < -0.39 is 6.61 Å². The maximum absolute atomic E-state index is 12.6. The van der Waals surface area contributed by atoms with Gasteiger partial charge in [-0.05, 0) is 50.5 Å². The number of likely N-dealkylation sites (N-methyl/N-ethyl adjacent to an activating group) is 1. The highest BCUT2D eigenvalue weighted by Gasteiger charge is 2.22. The first-order valence-electron chi connectivity index (χ1n) is 9.25. The van der Waals surface area contributed by atoms with Crippen molar-refractivity contribution >= 4 is 12.0 Å². The van der Waals surface area contributed by atoms with E-state index in [1.54, 1.807) is 25.1 Å². The number of hydrogen-bond acceptors (Lipinski definition) is 3. The largest absolute Gasteiger partial charge is 0.490 e. The SMILES string of the molecule is CCOc1cc(/C=C/C(=O)N(CC)C2CCCCC2)ccc1OC(F)F. The molecular formula is C20H27F2NO3. The van der Waals surface area contributed by atoms with Gasteiger partial charge in [0.05, 0.1) is 6.61 Å². The van der Waals surface area contributed by atoms with E-state index in [2.05, 4.69) is 4.74 Å². The average Bonchev–Trinajstić information content (AvgIpc) is 2.63. The van der Waals surface area contributed by atoms with E-state index in [0.717, 1.165) is 12.8 Å².